The van der Waals surface area contributed by atoms with Gasteiger partial charge in [-0.3, -0.25) is 9.69 Å². The first-order chi connectivity index (χ1) is 21.4. The molecule has 1 atom stereocenters. The van der Waals surface area contributed by atoms with Gasteiger partial charge in [-0.15, -0.1) is 0 Å². The van der Waals surface area contributed by atoms with Crippen LogP contribution in [0.2, 0.25) is 0 Å². The van der Waals surface area contributed by atoms with Crippen LogP contribution in [-0.2, 0) is 24.1 Å². The molecule has 2 aromatic carbocycles. The maximum atomic E-state index is 11.7. The Kier molecular flexibility index (Phi) is 9.06. The zero-order valence-corrected chi connectivity index (χ0v) is 26.6. The molecule has 6 rings (SSSR count). The molecule has 0 amide bonds. The van der Waals surface area contributed by atoms with Crippen LogP contribution < -0.4 is 9.47 Å². The average Bonchev–Trinajstić information content (AvgIpc) is 3.35. The van der Waals surface area contributed by atoms with Gasteiger partial charge in [-0.25, -0.2) is 14.8 Å². The number of likely N-dealkylation sites (tertiary alicyclic amines) is 1. The van der Waals surface area contributed by atoms with Crippen LogP contribution in [0.25, 0.3) is 11.0 Å². The molecule has 0 bridgehead atoms. The van der Waals surface area contributed by atoms with Crippen molar-refractivity contribution in [3.63, 3.8) is 0 Å². The molecule has 2 fully saturated rings. The molecule has 4 aromatic rings. The lowest BCUT2D eigenvalue weighted by Crippen LogP contribution is -2.36. The number of ketones is 1. The third-order valence-corrected chi connectivity index (χ3v) is 10.7. The van der Waals surface area contributed by atoms with Gasteiger partial charge in [0.1, 0.15) is 18.2 Å². The van der Waals surface area contributed by atoms with Crippen molar-refractivity contribution in [3.8, 4) is 11.6 Å². The van der Waals surface area contributed by atoms with Gasteiger partial charge in [-0.2, -0.15) is 0 Å². The number of fused-ring (bicyclic) bond motifs is 1. The van der Waals surface area contributed by atoms with Gasteiger partial charge in [0, 0.05) is 47.3 Å². The second-order valence-corrected chi connectivity index (χ2v) is 13.5. The summed E-state index contributed by atoms with van der Waals surface area (Å²) in [4.78, 5) is 35.6. The van der Waals surface area contributed by atoms with Crippen molar-refractivity contribution in [1.82, 2.24) is 19.4 Å². The summed E-state index contributed by atoms with van der Waals surface area (Å²) in [6.45, 7) is 5.25. The molecule has 0 radical (unpaired) electrons. The molecule has 4 heterocycles. The maximum Gasteiger partial charge on any atom is 0.335 e. The topological polar surface area (TPSA) is 116 Å². The number of carbonyl (C=O) groups is 2. The summed E-state index contributed by atoms with van der Waals surface area (Å²) in [5.74, 6) is 1.58. The van der Waals surface area contributed by atoms with E-state index in [9.17, 15) is 14.7 Å². The van der Waals surface area contributed by atoms with Crippen molar-refractivity contribution >= 4 is 32.3 Å². The number of carboxylic acid groups (broad SMARTS) is 1. The van der Waals surface area contributed by atoms with E-state index in [1.807, 2.05) is 24.3 Å². The van der Waals surface area contributed by atoms with Crippen LogP contribution in [-0.4, -0.2) is 78.3 Å². The quantitative estimate of drug-likeness (QED) is 0.185. The third-order valence-electron chi connectivity index (χ3n) is 8.73. The number of ether oxygens (including phenoxy) is 3. The van der Waals surface area contributed by atoms with Gasteiger partial charge in [-0.05, 0) is 69.6 Å². The van der Waals surface area contributed by atoms with E-state index in [4.69, 9.17) is 24.2 Å². The minimum absolute atomic E-state index is 0.00937. The molecule has 44 heavy (non-hydrogen) atoms. The molecular weight excluding hydrogens is 576 g/mol. The van der Waals surface area contributed by atoms with Gasteiger partial charge < -0.3 is 23.9 Å². The van der Waals surface area contributed by atoms with Crippen LogP contribution in [0, 0.1) is 0 Å². The van der Waals surface area contributed by atoms with E-state index in [0.717, 1.165) is 79.8 Å². The molecule has 0 spiro atoms. The summed E-state index contributed by atoms with van der Waals surface area (Å²) in [7, 11) is 1.08. The van der Waals surface area contributed by atoms with Gasteiger partial charge in [-0.1, -0.05) is 18.2 Å². The molecule has 1 N–H and O–H groups in total. The number of methoxy groups -OCH3 is 1. The first-order valence-electron chi connectivity index (χ1n) is 15.2. The number of imidazole rings is 1. The Labute approximate surface area is 258 Å². The number of carbonyl (C=O) groups excluding carboxylic acids is 1. The first-order valence-corrected chi connectivity index (χ1v) is 17.0. The number of rotatable bonds is 12. The van der Waals surface area contributed by atoms with E-state index in [1.54, 1.807) is 31.4 Å². The van der Waals surface area contributed by atoms with E-state index < -0.39 is 15.5 Å². The molecule has 0 unspecified atom stereocenters. The highest BCUT2D eigenvalue weighted by Gasteiger charge is 2.25. The van der Waals surface area contributed by atoms with Crippen LogP contribution in [0.1, 0.15) is 69.9 Å². The molecule has 0 saturated carbocycles. The first kappa shape index (κ1) is 30.0. The number of pyridine rings is 1. The number of benzene rings is 2. The number of Topliss-reactive ketones (excluding diaryl/α,β-unsaturated/α-hetero) is 1. The Bertz CT molecular complexity index is 1660. The summed E-state index contributed by atoms with van der Waals surface area (Å²) in [5.41, 5.74) is 4.92. The SMILES string of the molecule is COc1cc(C(C)=O)ccc1COc1cccc(C2CCN(Cc3nc4ccc(C(=O)O)cc4n3C[SiH2][C@@H]3CCO3)CC2)n1. The monoisotopic (exact) mass is 614 g/mol. The number of aromatic carboxylic acids is 1. The Morgan fingerprint density at radius 2 is 1.84 bits per heavy atom. The molecule has 11 heteroatoms. The summed E-state index contributed by atoms with van der Waals surface area (Å²) in [6.07, 6.45) is 3.97. The number of carboxylic acids is 1. The summed E-state index contributed by atoms with van der Waals surface area (Å²) in [5, 5.41) is 9.56. The van der Waals surface area contributed by atoms with Crippen molar-refractivity contribution in [2.45, 2.75) is 57.2 Å². The fourth-order valence-corrected chi connectivity index (χ4v) is 7.85. The summed E-state index contributed by atoms with van der Waals surface area (Å²) < 4.78 is 19.5. The van der Waals surface area contributed by atoms with E-state index in [-0.39, 0.29) is 11.3 Å². The molecule has 0 aliphatic carbocycles. The molecule has 2 aliphatic rings. The lowest BCUT2D eigenvalue weighted by Gasteiger charge is -2.32. The fourth-order valence-electron chi connectivity index (χ4n) is 6.02. The van der Waals surface area contributed by atoms with E-state index in [2.05, 4.69) is 15.5 Å². The smallest absolute Gasteiger partial charge is 0.335 e. The predicted molar refractivity (Wildman–Crippen MR) is 168 cm³/mol. The second kappa shape index (κ2) is 13.3. The molecule has 10 nitrogen and oxygen atoms in total. The van der Waals surface area contributed by atoms with E-state index in [1.165, 1.54) is 6.92 Å². The average molecular weight is 615 g/mol. The summed E-state index contributed by atoms with van der Waals surface area (Å²) in [6, 6.07) is 16.5. The van der Waals surface area contributed by atoms with Crippen LogP contribution in [0.5, 0.6) is 11.6 Å². The van der Waals surface area contributed by atoms with Gasteiger partial charge in [0.05, 0.1) is 39.8 Å². The van der Waals surface area contributed by atoms with Crippen molar-refractivity contribution in [2.24, 2.45) is 0 Å². The molecular formula is C33H38N4O6Si. The highest BCUT2D eigenvalue weighted by atomic mass is 28.2. The number of hydrogen-bond acceptors (Lipinski definition) is 8. The molecule has 230 valence electrons. The molecule has 2 aromatic heterocycles. The normalized spacial score (nSPS) is 17.6. The van der Waals surface area contributed by atoms with Gasteiger partial charge >= 0.3 is 5.97 Å². The van der Waals surface area contributed by atoms with E-state index in [0.29, 0.717) is 35.4 Å². The van der Waals surface area contributed by atoms with Gasteiger partial charge in [0.25, 0.3) is 0 Å². The maximum absolute atomic E-state index is 11.7. The van der Waals surface area contributed by atoms with E-state index >= 15 is 0 Å². The fraction of sp³-hybridized carbons (Fsp3) is 0.394. The minimum atomic E-state index is -0.922. The highest BCUT2D eigenvalue weighted by molar-refractivity contribution is 6.36. The molecule has 2 aliphatic heterocycles. The lowest BCUT2D eigenvalue weighted by molar-refractivity contribution is 0.000851. The summed E-state index contributed by atoms with van der Waals surface area (Å²) >= 11 is 0. The van der Waals surface area contributed by atoms with Gasteiger partial charge in [0.2, 0.25) is 5.88 Å². The van der Waals surface area contributed by atoms with Crippen LogP contribution >= 0.6 is 0 Å². The molecule has 2 saturated heterocycles. The predicted octanol–water partition coefficient (Wildman–Crippen LogP) is 4.17. The third kappa shape index (κ3) is 6.69. The Morgan fingerprint density at radius 3 is 2.55 bits per heavy atom. The zero-order chi connectivity index (χ0) is 30.6. The van der Waals surface area contributed by atoms with Crippen LogP contribution in [0.15, 0.2) is 54.6 Å². The second-order valence-electron chi connectivity index (χ2n) is 11.6. The Hall–Kier alpha value is -4.06. The highest BCUT2D eigenvalue weighted by Crippen LogP contribution is 2.30. The Morgan fingerprint density at radius 1 is 1.05 bits per heavy atom. The van der Waals surface area contributed by atoms with Crippen molar-refractivity contribution < 1.29 is 28.9 Å². The van der Waals surface area contributed by atoms with Crippen molar-refractivity contribution in [1.29, 1.82) is 0 Å². The van der Waals surface area contributed by atoms with Crippen LogP contribution in [0.3, 0.4) is 0 Å². The number of piperidine rings is 1. The van der Waals surface area contributed by atoms with Crippen LogP contribution in [0.4, 0.5) is 0 Å². The number of aromatic nitrogens is 3. The van der Waals surface area contributed by atoms with Crippen molar-refractivity contribution in [3.05, 3.63) is 82.8 Å². The Balaban J connectivity index is 1.09. The minimum Gasteiger partial charge on any atom is -0.496 e. The van der Waals surface area contributed by atoms with Crippen molar-refractivity contribution in [2.75, 3.05) is 26.8 Å². The standard InChI is InChI=1S/C33H38N4O6Si/c1-21(38)23-6-7-25(29(17-23)41-2)19-43-31-5-3-4-26(35-31)22-10-13-36(14-11-22)18-30-34-27-9-8-24(33(39)40)16-28(27)37(30)20-44-32-12-15-42-32/h3-9,16-17,22,32H,10-15,18-20,44H2,1-2H3,(H,39,40)/t32-/m1/s1. The number of hydrogen-bond donors (Lipinski definition) is 1. The lowest BCUT2D eigenvalue weighted by atomic mass is 9.93. The number of nitrogens with zero attached hydrogens (tertiary/aromatic N) is 4. The largest absolute Gasteiger partial charge is 0.496 e. The zero-order valence-electron chi connectivity index (χ0n) is 25.2. The van der Waals surface area contributed by atoms with Gasteiger partial charge in [0.15, 0.2) is 5.78 Å².